The molecule has 0 atom stereocenters. The highest BCUT2D eigenvalue weighted by atomic mass is 79.9. The fourth-order valence-corrected chi connectivity index (χ4v) is 3.98. The van der Waals surface area contributed by atoms with Crippen LogP contribution in [0.2, 0.25) is 0 Å². The number of carbonyl (C=O) groups excluding carboxylic acids is 2. The number of ether oxygens (including phenoxy) is 2. The Labute approximate surface area is 216 Å². The summed E-state index contributed by atoms with van der Waals surface area (Å²) in [5.41, 5.74) is 7.65. The Bertz CT molecular complexity index is 1150. The molecule has 0 aliphatic carbocycles. The molecular weight excluding hydrogens is 514 g/mol. The van der Waals surface area contributed by atoms with Gasteiger partial charge in [-0.2, -0.15) is 0 Å². The summed E-state index contributed by atoms with van der Waals surface area (Å²) in [6.45, 7) is 12.0. The smallest absolute Gasteiger partial charge is 0.252 e. The lowest BCUT2D eigenvalue weighted by atomic mass is 9.84. The number of phenols is 1. The van der Waals surface area contributed by atoms with Crippen molar-refractivity contribution in [2.24, 2.45) is 5.73 Å². The second-order valence-electron chi connectivity index (χ2n) is 9.72. The van der Waals surface area contributed by atoms with E-state index < -0.39 is 11.3 Å². The maximum Gasteiger partial charge on any atom is 0.252 e. The van der Waals surface area contributed by atoms with Crippen LogP contribution in [0.1, 0.15) is 78.9 Å². The Balaban J connectivity index is 0.00000432. The van der Waals surface area contributed by atoms with E-state index in [4.69, 9.17) is 20.6 Å². The van der Waals surface area contributed by atoms with Crippen molar-refractivity contribution in [2.75, 3.05) is 13.2 Å². The number of carbonyl (C=O) groups is 2. The zero-order valence-corrected chi connectivity index (χ0v) is 22.7. The monoisotopic (exact) mass is 547 g/mol. The summed E-state index contributed by atoms with van der Waals surface area (Å²) in [7, 11) is 0. The van der Waals surface area contributed by atoms with E-state index >= 15 is 0 Å². The number of halogens is 1. The van der Waals surface area contributed by atoms with Gasteiger partial charge in [0.2, 0.25) is 0 Å². The van der Waals surface area contributed by atoms with Crippen molar-refractivity contribution in [3.05, 3.63) is 52.1 Å². The van der Waals surface area contributed by atoms with Crippen molar-refractivity contribution < 1.29 is 24.2 Å². The lowest BCUT2D eigenvalue weighted by molar-refractivity contribution is 0.0960. The van der Waals surface area contributed by atoms with Crippen LogP contribution in [-0.4, -0.2) is 46.8 Å². The van der Waals surface area contributed by atoms with Crippen LogP contribution in [0.25, 0.3) is 0 Å². The molecular formula is C26H34BrN3O5. The van der Waals surface area contributed by atoms with E-state index in [9.17, 15) is 14.7 Å². The van der Waals surface area contributed by atoms with Crippen LogP contribution in [0.5, 0.6) is 17.2 Å². The van der Waals surface area contributed by atoms with Gasteiger partial charge < -0.3 is 25.2 Å². The third kappa shape index (κ3) is 5.96. The zero-order valence-electron chi connectivity index (χ0n) is 21.0. The number of Topliss-reactive ketones (excluding diaryl/α,β-unsaturated/α-hetero) is 1. The molecule has 2 aromatic rings. The Hall–Kier alpha value is -3.07. The molecule has 8 nitrogen and oxygen atoms in total. The number of nitrogens with one attached hydrogen (secondary N) is 1. The van der Waals surface area contributed by atoms with Gasteiger partial charge in [0.05, 0.1) is 24.8 Å². The van der Waals surface area contributed by atoms with E-state index in [1.807, 2.05) is 41.5 Å². The maximum absolute atomic E-state index is 13.3. The molecule has 3 rings (SSSR count). The summed E-state index contributed by atoms with van der Waals surface area (Å²) >= 11 is 0. The minimum absolute atomic E-state index is 0. The fourth-order valence-electron chi connectivity index (χ4n) is 3.98. The molecule has 2 aromatic carbocycles. The normalized spacial score (nSPS) is 12.9. The number of primary amides is 1. The van der Waals surface area contributed by atoms with Crippen LogP contribution in [0.3, 0.4) is 0 Å². The summed E-state index contributed by atoms with van der Waals surface area (Å²) in [6, 6.07) is 6.52. The quantitative estimate of drug-likeness (QED) is 0.415. The standard InChI is InChI=1S/C26H33N3O5.BrH/c1-7-33-21-10-16-12-29(24(27)17(16)11-18(21)25(28)32)13-20(30)15-8-19(26(4,5)6)23(31)22(9-15)34-14(2)3;/h8-11,14,27,31H,7,12-13H2,1-6H3,(H2,28,32);1H. The van der Waals surface area contributed by atoms with Gasteiger partial charge in [-0.3, -0.25) is 15.0 Å². The molecule has 0 unspecified atom stereocenters. The minimum atomic E-state index is -0.634. The third-order valence-electron chi connectivity index (χ3n) is 5.61. The molecule has 1 amide bonds. The number of ketones is 1. The molecule has 190 valence electrons. The fraction of sp³-hybridized carbons (Fsp3) is 0.423. The van der Waals surface area contributed by atoms with Crippen molar-refractivity contribution in [3.63, 3.8) is 0 Å². The summed E-state index contributed by atoms with van der Waals surface area (Å²) < 4.78 is 11.3. The predicted octanol–water partition coefficient (Wildman–Crippen LogP) is 4.58. The van der Waals surface area contributed by atoms with Gasteiger partial charge in [0.1, 0.15) is 11.6 Å². The van der Waals surface area contributed by atoms with Crippen LogP contribution in [0.4, 0.5) is 0 Å². The van der Waals surface area contributed by atoms with Crippen molar-refractivity contribution in [2.45, 2.75) is 59.6 Å². The van der Waals surface area contributed by atoms with E-state index in [1.54, 1.807) is 29.2 Å². The number of rotatable bonds is 8. The lowest BCUT2D eigenvalue weighted by Gasteiger charge is -2.24. The average Bonchev–Trinajstić information content (AvgIpc) is 3.02. The number of nitrogens with two attached hydrogens (primary N) is 1. The molecule has 4 N–H and O–H groups in total. The number of fused-ring (bicyclic) bond motifs is 1. The van der Waals surface area contributed by atoms with Gasteiger partial charge in [-0.15, -0.1) is 17.0 Å². The van der Waals surface area contributed by atoms with Crippen LogP contribution in [0, 0.1) is 5.41 Å². The van der Waals surface area contributed by atoms with Crippen molar-refractivity contribution in [3.8, 4) is 17.2 Å². The second kappa shape index (κ2) is 10.7. The molecule has 0 radical (unpaired) electrons. The molecule has 1 aliphatic heterocycles. The first-order chi connectivity index (χ1) is 15.8. The Morgan fingerprint density at radius 2 is 1.83 bits per heavy atom. The summed E-state index contributed by atoms with van der Waals surface area (Å²) in [5, 5.41) is 19.3. The number of amidine groups is 1. The number of phenolic OH excluding ortho intramolecular Hbond substituents is 1. The van der Waals surface area contributed by atoms with Crippen molar-refractivity contribution in [1.29, 1.82) is 5.41 Å². The van der Waals surface area contributed by atoms with Crippen LogP contribution in [-0.2, 0) is 12.0 Å². The third-order valence-corrected chi connectivity index (χ3v) is 5.61. The van der Waals surface area contributed by atoms with E-state index in [0.717, 1.165) is 5.56 Å². The summed E-state index contributed by atoms with van der Waals surface area (Å²) in [4.78, 5) is 26.8. The van der Waals surface area contributed by atoms with Crippen LogP contribution in [0.15, 0.2) is 24.3 Å². The van der Waals surface area contributed by atoms with Gasteiger partial charge in [0, 0.05) is 23.2 Å². The molecule has 0 fully saturated rings. The Morgan fingerprint density at radius 3 is 2.37 bits per heavy atom. The minimum Gasteiger partial charge on any atom is -0.504 e. The van der Waals surface area contributed by atoms with Gasteiger partial charge >= 0.3 is 0 Å². The first-order valence-corrected chi connectivity index (χ1v) is 11.3. The summed E-state index contributed by atoms with van der Waals surface area (Å²) in [6.07, 6.45) is -0.177. The number of amides is 1. The second-order valence-corrected chi connectivity index (χ2v) is 9.72. The Morgan fingerprint density at radius 1 is 1.17 bits per heavy atom. The van der Waals surface area contributed by atoms with Crippen molar-refractivity contribution in [1.82, 2.24) is 4.90 Å². The first kappa shape index (κ1) is 28.2. The number of hydrogen-bond acceptors (Lipinski definition) is 6. The number of nitrogens with zero attached hydrogens (tertiary/aromatic N) is 1. The highest BCUT2D eigenvalue weighted by Crippen LogP contribution is 2.39. The highest BCUT2D eigenvalue weighted by molar-refractivity contribution is 8.93. The van der Waals surface area contributed by atoms with Gasteiger partial charge in [-0.05, 0) is 56.0 Å². The lowest BCUT2D eigenvalue weighted by Crippen LogP contribution is -2.30. The largest absolute Gasteiger partial charge is 0.504 e. The topological polar surface area (TPSA) is 126 Å². The van der Waals surface area contributed by atoms with Gasteiger partial charge in [0.25, 0.3) is 5.91 Å². The summed E-state index contributed by atoms with van der Waals surface area (Å²) in [5.74, 6) is -0.0395. The van der Waals surface area contributed by atoms with Gasteiger partial charge in [-0.25, -0.2) is 0 Å². The zero-order chi connectivity index (χ0) is 25.4. The molecule has 35 heavy (non-hydrogen) atoms. The van der Waals surface area contributed by atoms with E-state index in [0.29, 0.717) is 35.6 Å². The van der Waals surface area contributed by atoms with Crippen molar-refractivity contribution >= 4 is 34.5 Å². The molecule has 9 heteroatoms. The number of benzene rings is 2. The first-order valence-electron chi connectivity index (χ1n) is 11.3. The average molecular weight is 548 g/mol. The van der Waals surface area contributed by atoms with Gasteiger partial charge in [-0.1, -0.05) is 20.8 Å². The molecule has 0 spiro atoms. The van der Waals surface area contributed by atoms with Crippen LogP contribution >= 0.6 is 17.0 Å². The molecule has 0 aromatic heterocycles. The predicted molar refractivity (Wildman–Crippen MR) is 141 cm³/mol. The van der Waals surface area contributed by atoms with Crippen LogP contribution < -0.4 is 15.2 Å². The molecule has 0 bridgehead atoms. The highest BCUT2D eigenvalue weighted by Gasteiger charge is 2.30. The molecule has 0 saturated carbocycles. The molecule has 1 heterocycles. The van der Waals surface area contributed by atoms with E-state index in [2.05, 4.69) is 0 Å². The van der Waals surface area contributed by atoms with E-state index in [-0.39, 0.29) is 58.3 Å². The molecule has 0 saturated heterocycles. The number of hydrogen-bond donors (Lipinski definition) is 3. The van der Waals surface area contributed by atoms with Gasteiger partial charge in [0.15, 0.2) is 17.3 Å². The molecule has 1 aliphatic rings. The Kier molecular flexibility index (Phi) is 8.60. The van der Waals surface area contributed by atoms with E-state index in [1.165, 1.54) is 0 Å². The SMILES string of the molecule is Br.CCOc1cc2c(cc1C(N)=O)C(=N)N(CC(=O)c1cc(OC(C)C)c(O)c(C(C)(C)C)c1)C2. The number of aromatic hydroxyl groups is 1. The maximum atomic E-state index is 13.3.